The van der Waals surface area contributed by atoms with Gasteiger partial charge in [0.25, 0.3) is 0 Å². The molecule has 4 nitrogen and oxygen atoms in total. The summed E-state index contributed by atoms with van der Waals surface area (Å²) in [5.74, 6) is 0.620. The normalized spacial score (nSPS) is 21.1. The predicted octanol–water partition coefficient (Wildman–Crippen LogP) is 1.69. The van der Waals surface area contributed by atoms with Gasteiger partial charge in [-0.25, -0.2) is 0 Å². The Balaban J connectivity index is 1.85. The van der Waals surface area contributed by atoms with Gasteiger partial charge in [0.1, 0.15) is 0 Å². The fourth-order valence-corrected chi connectivity index (χ4v) is 3.62. The van der Waals surface area contributed by atoms with Crippen molar-refractivity contribution in [3.8, 4) is 0 Å². The lowest BCUT2D eigenvalue weighted by atomic mass is 9.92. The summed E-state index contributed by atoms with van der Waals surface area (Å²) in [6.07, 6.45) is 2.48. The number of rotatable bonds is 6. The lowest BCUT2D eigenvalue weighted by molar-refractivity contribution is 0.145. The fraction of sp³-hybridized carbons (Fsp3) is 0.647. The van der Waals surface area contributed by atoms with Gasteiger partial charge in [-0.3, -0.25) is 0 Å². The van der Waals surface area contributed by atoms with E-state index in [1.807, 2.05) is 0 Å². The van der Waals surface area contributed by atoms with Gasteiger partial charge in [0.15, 0.2) is 0 Å². The van der Waals surface area contributed by atoms with Crippen molar-refractivity contribution >= 4 is 11.4 Å². The highest BCUT2D eigenvalue weighted by atomic mass is 16.3. The van der Waals surface area contributed by atoms with E-state index in [0.29, 0.717) is 5.92 Å². The second kappa shape index (κ2) is 5.85. The summed E-state index contributed by atoms with van der Waals surface area (Å²) in [6.45, 7) is 6.22. The molecule has 0 spiro atoms. The van der Waals surface area contributed by atoms with Crippen LogP contribution < -0.4 is 15.1 Å². The molecule has 0 aromatic heterocycles. The van der Waals surface area contributed by atoms with Gasteiger partial charge in [-0.05, 0) is 37.4 Å². The summed E-state index contributed by atoms with van der Waals surface area (Å²) in [5.41, 5.74) is 2.45. The average Bonchev–Trinajstić information content (AvgIpc) is 3.35. The van der Waals surface area contributed by atoms with Crippen molar-refractivity contribution in [1.82, 2.24) is 5.32 Å². The van der Waals surface area contributed by atoms with Crippen molar-refractivity contribution in [3.63, 3.8) is 0 Å². The Morgan fingerprint density at radius 2 is 1.95 bits per heavy atom. The van der Waals surface area contributed by atoms with E-state index in [1.165, 1.54) is 24.2 Å². The Bertz CT molecular complexity index is 489. The number of aliphatic hydroxyl groups is 1. The predicted molar refractivity (Wildman–Crippen MR) is 88.1 cm³/mol. The van der Waals surface area contributed by atoms with Crippen molar-refractivity contribution in [2.24, 2.45) is 5.92 Å². The maximum Gasteiger partial charge on any atom is 0.0633 e. The number of fused-ring (bicyclic) bond motifs is 1. The molecule has 116 valence electrons. The molecule has 3 rings (SSSR count). The second-order valence-electron chi connectivity index (χ2n) is 6.45. The van der Waals surface area contributed by atoms with Crippen molar-refractivity contribution in [1.29, 1.82) is 0 Å². The average molecular weight is 289 g/mol. The van der Waals surface area contributed by atoms with Gasteiger partial charge < -0.3 is 20.2 Å². The number of hydrogen-bond acceptors (Lipinski definition) is 4. The summed E-state index contributed by atoms with van der Waals surface area (Å²) in [4.78, 5) is 4.77. The molecule has 2 aliphatic rings. The SMILES string of the molecule is CCNC(CO)(CN1CCN(C)c2ccccc21)C1CC1. The van der Waals surface area contributed by atoms with Gasteiger partial charge in [0.05, 0.1) is 23.5 Å². The third-order valence-electron chi connectivity index (χ3n) is 4.98. The van der Waals surface area contributed by atoms with Crippen LogP contribution in [0.15, 0.2) is 24.3 Å². The summed E-state index contributed by atoms with van der Waals surface area (Å²) in [5, 5.41) is 13.6. The highest BCUT2D eigenvalue weighted by Gasteiger charge is 2.45. The first-order chi connectivity index (χ1) is 10.2. The highest BCUT2D eigenvalue weighted by Crippen LogP contribution is 2.42. The van der Waals surface area contributed by atoms with Gasteiger partial charge in [0.2, 0.25) is 0 Å². The summed E-state index contributed by atoms with van der Waals surface area (Å²) in [6, 6.07) is 8.60. The first kappa shape index (κ1) is 14.7. The Hall–Kier alpha value is -1.26. The molecule has 0 saturated heterocycles. The number of nitrogens with zero attached hydrogens (tertiary/aromatic N) is 2. The van der Waals surface area contributed by atoms with E-state index in [-0.39, 0.29) is 12.1 Å². The van der Waals surface area contributed by atoms with E-state index in [9.17, 15) is 5.11 Å². The van der Waals surface area contributed by atoms with Gasteiger partial charge in [-0.1, -0.05) is 19.1 Å². The molecule has 1 fully saturated rings. The van der Waals surface area contributed by atoms with E-state index < -0.39 is 0 Å². The molecule has 0 radical (unpaired) electrons. The summed E-state index contributed by atoms with van der Waals surface area (Å²) >= 11 is 0. The standard InChI is InChI=1S/C17H27N3O/c1-3-18-17(13-21,14-8-9-14)12-20-11-10-19(2)15-6-4-5-7-16(15)20/h4-7,14,18,21H,3,8-13H2,1-2H3. The van der Waals surface area contributed by atoms with Crippen molar-refractivity contribution < 1.29 is 5.11 Å². The second-order valence-corrected chi connectivity index (χ2v) is 6.45. The van der Waals surface area contributed by atoms with E-state index in [0.717, 1.165) is 26.2 Å². The molecule has 4 heteroatoms. The van der Waals surface area contributed by atoms with Gasteiger partial charge in [-0.15, -0.1) is 0 Å². The van der Waals surface area contributed by atoms with Crippen LogP contribution in [0.4, 0.5) is 11.4 Å². The minimum atomic E-state index is -0.141. The topological polar surface area (TPSA) is 38.7 Å². The number of nitrogens with one attached hydrogen (secondary N) is 1. The molecule has 1 aliphatic heterocycles. The molecule has 1 aromatic carbocycles. The summed E-state index contributed by atoms with van der Waals surface area (Å²) < 4.78 is 0. The first-order valence-corrected chi connectivity index (χ1v) is 8.11. The molecule has 0 amide bonds. The molecule has 1 aliphatic carbocycles. The Morgan fingerprint density at radius 1 is 1.24 bits per heavy atom. The smallest absolute Gasteiger partial charge is 0.0633 e. The number of para-hydroxylation sites is 2. The zero-order valence-corrected chi connectivity index (χ0v) is 13.2. The zero-order valence-electron chi connectivity index (χ0n) is 13.2. The highest BCUT2D eigenvalue weighted by molar-refractivity contribution is 5.73. The third kappa shape index (κ3) is 2.74. The van der Waals surface area contributed by atoms with E-state index >= 15 is 0 Å². The number of hydrogen-bond donors (Lipinski definition) is 2. The first-order valence-electron chi connectivity index (χ1n) is 8.11. The summed E-state index contributed by atoms with van der Waals surface area (Å²) in [7, 11) is 2.15. The van der Waals surface area contributed by atoms with Crippen LogP contribution in [0.3, 0.4) is 0 Å². The van der Waals surface area contributed by atoms with Crippen LogP contribution in [0, 0.1) is 5.92 Å². The molecule has 1 unspecified atom stereocenters. The van der Waals surface area contributed by atoms with Crippen LogP contribution in [0.2, 0.25) is 0 Å². The Kier molecular flexibility index (Phi) is 4.09. The molecule has 2 N–H and O–H groups in total. The lowest BCUT2D eigenvalue weighted by Gasteiger charge is -2.43. The van der Waals surface area contributed by atoms with Crippen LogP contribution in [-0.2, 0) is 0 Å². The largest absolute Gasteiger partial charge is 0.394 e. The molecule has 0 bridgehead atoms. The molecular weight excluding hydrogens is 262 g/mol. The van der Waals surface area contributed by atoms with Crippen molar-refractivity contribution in [2.45, 2.75) is 25.3 Å². The van der Waals surface area contributed by atoms with Gasteiger partial charge >= 0.3 is 0 Å². The molecule has 1 aromatic rings. The maximum atomic E-state index is 10.0. The third-order valence-corrected chi connectivity index (χ3v) is 4.98. The maximum absolute atomic E-state index is 10.0. The fourth-order valence-electron chi connectivity index (χ4n) is 3.62. The number of benzene rings is 1. The molecule has 21 heavy (non-hydrogen) atoms. The molecule has 1 atom stereocenters. The van der Waals surface area contributed by atoms with E-state index in [1.54, 1.807) is 0 Å². The van der Waals surface area contributed by atoms with Crippen LogP contribution in [-0.4, -0.2) is 50.5 Å². The van der Waals surface area contributed by atoms with Crippen LogP contribution in [0.1, 0.15) is 19.8 Å². The Morgan fingerprint density at radius 3 is 2.57 bits per heavy atom. The van der Waals surface area contributed by atoms with Crippen molar-refractivity contribution in [3.05, 3.63) is 24.3 Å². The number of likely N-dealkylation sites (N-methyl/N-ethyl adjacent to an activating group) is 2. The van der Waals surface area contributed by atoms with Gasteiger partial charge in [-0.2, -0.15) is 0 Å². The van der Waals surface area contributed by atoms with Gasteiger partial charge in [0, 0.05) is 26.7 Å². The molecular formula is C17H27N3O. The van der Waals surface area contributed by atoms with Crippen molar-refractivity contribution in [2.75, 3.05) is 49.6 Å². The molecule has 1 heterocycles. The van der Waals surface area contributed by atoms with Crippen LogP contribution >= 0.6 is 0 Å². The number of aliphatic hydroxyl groups excluding tert-OH is 1. The van der Waals surface area contributed by atoms with E-state index in [2.05, 4.69) is 53.4 Å². The number of anilines is 2. The quantitative estimate of drug-likeness (QED) is 0.836. The lowest BCUT2D eigenvalue weighted by Crippen LogP contribution is -2.59. The van der Waals surface area contributed by atoms with Crippen LogP contribution in [0.5, 0.6) is 0 Å². The monoisotopic (exact) mass is 289 g/mol. The Labute approximate surface area is 127 Å². The minimum Gasteiger partial charge on any atom is -0.394 e. The van der Waals surface area contributed by atoms with Crippen LogP contribution in [0.25, 0.3) is 0 Å². The van der Waals surface area contributed by atoms with E-state index in [4.69, 9.17) is 0 Å². The molecule has 1 saturated carbocycles. The zero-order chi connectivity index (χ0) is 14.9. The minimum absolute atomic E-state index is 0.141.